The van der Waals surface area contributed by atoms with Gasteiger partial charge in [-0.2, -0.15) is 0 Å². The minimum Gasteiger partial charge on any atom is -0.480 e. The summed E-state index contributed by atoms with van der Waals surface area (Å²) in [5, 5.41) is 14.1. The van der Waals surface area contributed by atoms with E-state index >= 15 is 0 Å². The van der Waals surface area contributed by atoms with Crippen LogP contribution in [0.5, 0.6) is 0 Å². The molecule has 98 valence electrons. The number of rotatable bonds is 4. The van der Waals surface area contributed by atoms with Gasteiger partial charge in [0.2, 0.25) is 0 Å². The largest absolute Gasteiger partial charge is 0.480 e. The molecule has 3 N–H and O–H groups in total. The van der Waals surface area contributed by atoms with Gasteiger partial charge < -0.3 is 15.7 Å². The van der Waals surface area contributed by atoms with Gasteiger partial charge in [-0.05, 0) is 40.5 Å². The van der Waals surface area contributed by atoms with E-state index in [2.05, 4.69) is 26.6 Å². The zero-order chi connectivity index (χ0) is 13.7. The number of hydrogen-bond donors (Lipinski definition) is 3. The lowest BCUT2D eigenvalue weighted by molar-refractivity contribution is -0.139. The first-order valence-electron chi connectivity index (χ1n) is 5.19. The molecule has 7 heteroatoms. The number of aliphatic carboxylic acids is 1. The van der Waals surface area contributed by atoms with Crippen molar-refractivity contribution in [3.63, 3.8) is 0 Å². The lowest BCUT2D eigenvalue weighted by atomic mass is 10.2. The van der Waals surface area contributed by atoms with Gasteiger partial charge in [-0.15, -0.1) is 0 Å². The number of urea groups is 1. The quantitative estimate of drug-likeness (QED) is 0.791. The van der Waals surface area contributed by atoms with Gasteiger partial charge in [-0.25, -0.2) is 9.59 Å². The second-order valence-corrected chi connectivity index (χ2v) is 4.79. The van der Waals surface area contributed by atoms with E-state index in [-0.39, 0.29) is 0 Å². The van der Waals surface area contributed by atoms with E-state index in [0.717, 1.165) is 0 Å². The highest BCUT2D eigenvalue weighted by molar-refractivity contribution is 9.10. The molecule has 0 bridgehead atoms. The Morgan fingerprint density at radius 2 is 2.17 bits per heavy atom. The average molecular weight is 336 g/mol. The van der Waals surface area contributed by atoms with Crippen molar-refractivity contribution in [1.82, 2.24) is 5.32 Å². The molecule has 1 aromatic rings. The van der Waals surface area contributed by atoms with Crippen LogP contribution in [-0.4, -0.2) is 23.1 Å². The van der Waals surface area contributed by atoms with Crippen LogP contribution in [0, 0.1) is 0 Å². The molecule has 0 saturated heterocycles. The predicted octanol–water partition coefficient (Wildman–Crippen LogP) is 3.09. The third kappa shape index (κ3) is 4.19. The van der Waals surface area contributed by atoms with Crippen LogP contribution in [0.1, 0.15) is 13.3 Å². The first-order valence-corrected chi connectivity index (χ1v) is 6.36. The molecule has 0 aromatic heterocycles. The maximum absolute atomic E-state index is 11.5. The standard InChI is InChI=1S/C11H12BrClN2O3/c1-2-9(10(16)17)15-11(18)14-6-3-4-7(12)8(13)5-6/h3-5,9H,2H2,1H3,(H,16,17)(H2,14,15,18). The maximum atomic E-state index is 11.5. The van der Waals surface area contributed by atoms with Gasteiger partial charge in [-0.3, -0.25) is 0 Å². The second-order valence-electron chi connectivity index (χ2n) is 3.53. The number of carbonyl (C=O) groups is 2. The number of nitrogens with one attached hydrogen (secondary N) is 2. The Morgan fingerprint density at radius 3 is 2.67 bits per heavy atom. The average Bonchev–Trinajstić information content (AvgIpc) is 2.30. The van der Waals surface area contributed by atoms with Crippen molar-refractivity contribution in [1.29, 1.82) is 0 Å². The first kappa shape index (κ1) is 14.8. The molecule has 1 rings (SSSR count). The predicted molar refractivity (Wildman–Crippen MR) is 73.0 cm³/mol. The summed E-state index contributed by atoms with van der Waals surface area (Å²) in [6.07, 6.45) is 0.309. The topological polar surface area (TPSA) is 78.4 Å². The second kappa shape index (κ2) is 6.61. The van der Waals surface area contributed by atoms with E-state index in [1.165, 1.54) is 0 Å². The third-order valence-corrected chi connectivity index (χ3v) is 3.42. The SMILES string of the molecule is CCC(NC(=O)Nc1ccc(Br)c(Cl)c1)C(=O)O. The zero-order valence-electron chi connectivity index (χ0n) is 9.54. The van der Waals surface area contributed by atoms with Crippen LogP contribution in [0.3, 0.4) is 0 Å². The fourth-order valence-corrected chi connectivity index (χ4v) is 1.66. The number of carboxylic acid groups (broad SMARTS) is 1. The van der Waals surface area contributed by atoms with Crippen molar-refractivity contribution in [2.75, 3.05) is 5.32 Å². The smallest absolute Gasteiger partial charge is 0.326 e. The molecule has 0 aliphatic heterocycles. The fourth-order valence-electron chi connectivity index (χ4n) is 1.24. The van der Waals surface area contributed by atoms with Crippen LogP contribution < -0.4 is 10.6 Å². The number of carbonyl (C=O) groups excluding carboxylic acids is 1. The molecule has 1 aromatic carbocycles. The van der Waals surface area contributed by atoms with Crippen molar-refractivity contribution in [3.8, 4) is 0 Å². The number of amides is 2. The van der Waals surface area contributed by atoms with Crippen molar-refractivity contribution in [2.45, 2.75) is 19.4 Å². The lowest BCUT2D eigenvalue weighted by Crippen LogP contribution is -2.42. The summed E-state index contributed by atoms with van der Waals surface area (Å²) in [4.78, 5) is 22.3. The number of benzene rings is 1. The van der Waals surface area contributed by atoms with E-state index < -0.39 is 18.0 Å². The number of halogens is 2. The molecule has 0 spiro atoms. The van der Waals surface area contributed by atoms with E-state index in [1.54, 1.807) is 25.1 Å². The third-order valence-electron chi connectivity index (χ3n) is 2.19. The molecule has 0 heterocycles. The molecule has 0 fully saturated rings. The molecule has 0 radical (unpaired) electrons. The highest BCUT2D eigenvalue weighted by Gasteiger charge is 2.17. The van der Waals surface area contributed by atoms with Crippen molar-refractivity contribution >= 4 is 45.2 Å². The highest BCUT2D eigenvalue weighted by Crippen LogP contribution is 2.25. The molecule has 0 aliphatic carbocycles. The molecule has 5 nitrogen and oxygen atoms in total. The van der Waals surface area contributed by atoms with Crippen LogP contribution in [0.15, 0.2) is 22.7 Å². The van der Waals surface area contributed by atoms with Gasteiger partial charge in [0.1, 0.15) is 6.04 Å². The number of anilines is 1. The summed E-state index contributed by atoms with van der Waals surface area (Å²) < 4.78 is 0.715. The van der Waals surface area contributed by atoms with Crippen LogP contribution in [0.25, 0.3) is 0 Å². The summed E-state index contributed by atoms with van der Waals surface area (Å²) in [6, 6.07) is 3.41. The van der Waals surface area contributed by atoms with Gasteiger partial charge in [0.05, 0.1) is 5.02 Å². The Morgan fingerprint density at radius 1 is 1.50 bits per heavy atom. The van der Waals surface area contributed by atoms with Crippen molar-refractivity contribution in [3.05, 3.63) is 27.7 Å². The monoisotopic (exact) mass is 334 g/mol. The van der Waals surface area contributed by atoms with E-state index in [1.807, 2.05) is 0 Å². The lowest BCUT2D eigenvalue weighted by Gasteiger charge is -2.13. The zero-order valence-corrected chi connectivity index (χ0v) is 11.9. The Bertz CT molecular complexity index is 468. The molecule has 18 heavy (non-hydrogen) atoms. The summed E-state index contributed by atoms with van der Waals surface area (Å²) in [5.41, 5.74) is 0.487. The molecule has 0 saturated carbocycles. The summed E-state index contributed by atoms with van der Waals surface area (Å²) >= 11 is 9.10. The number of carboxylic acids is 1. The molecular weight excluding hydrogens is 323 g/mol. The number of hydrogen-bond acceptors (Lipinski definition) is 2. The van der Waals surface area contributed by atoms with Gasteiger partial charge in [-0.1, -0.05) is 18.5 Å². The van der Waals surface area contributed by atoms with Crippen molar-refractivity contribution in [2.24, 2.45) is 0 Å². The van der Waals surface area contributed by atoms with E-state index in [9.17, 15) is 9.59 Å². The Balaban J connectivity index is 2.64. The van der Waals surface area contributed by atoms with Gasteiger partial charge in [0.15, 0.2) is 0 Å². The molecule has 0 aliphatic rings. The summed E-state index contributed by atoms with van der Waals surface area (Å²) in [7, 11) is 0. The summed E-state index contributed by atoms with van der Waals surface area (Å²) in [6.45, 7) is 1.68. The molecule has 1 unspecified atom stereocenters. The Labute approximate surface area is 118 Å². The molecule has 1 atom stereocenters. The van der Waals surface area contributed by atoms with Crippen LogP contribution >= 0.6 is 27.5 Å². The summed E-state index contributed by atoms with van der Waals surface area (Å²) in [5.74, 6) is -1.07. The van der Waals surface area contributed by atoms with Gasteiger partial charge in [0, 0.05) is 10.2 Å². The minimum atomic E-state index is -1.07. The molecular formula is C11H12BrClN2O3. The fraction of sp³-hybridized carbons (Fsp3) is 0.273. The van der Waals surface area contributed by atoms with Crippen molar-refractivity contribution < 1.29 is 14.7 Å². The minimum absolute atomic E-state index is 0.309. The first-order chi connectivity index (χ1) is 8.43. The van der Waals surface area contributed by atoms with E-state index in [0.29, 0.717) is 21.6 Å². The molecule has 2 amide bonds. The van der Waals surface area contributed by atoms with Crippen LogP contribution in [0.2, 0.25) is 5.02 Å². The van der Waals surface area contributed by atoms with Gasteiger partial charge >= 0.3 is 12.0 Å². The Kier molecular flexibility index (Phi) is 5.43. The maximum Gasteiger partial charge on any atom is 0.326 e. The highest BCUT2D eigenvalue weighted by atomic mass is 79.9. The Hall–Kier alpha value is -1.27. The van der Waals surface area contributed by atoms with Gasteiger partial charge in [0.25, 0.3) is 0 Å². The van der Waals surface area contributed by atoms with E-state index in [4.69, 9.17) is 16.7 Å². The van der Waals surface area contributed by atoms with Crippen LogP contribution in [-0.2, 0) is 4.79 Å². The van der Waals surface area contributed by atoms with Crippen LogP contribution in [0.4, 0.5) is 10.5 Å². The normalized spacial score (nSPS) is 11.7.